The third-order valence-electron chi connectivity index (χ3n) is 3.47. The van der Waals surface area contributed by atoms with Gasteiger partial charge in [-0.3, -0.25) is 0 Å². The van der Waals surface area contributed by atoms with Crippen molar-refractivity contribution in [1.29, 1.82) is 0 Å². The molecule has 0 radical (unpaired) electrons. The van der Waals surface area contributed by atoms with Crippen LogP contribution in [0.15, 0.2) is 30.3 Å². The maximum absolute atomic E-state index is 6.05. The third kappa shape index (κ3) is 2.30. The number of halogens is 2. The van der Waals surface area contributed by atoms with E-state index in [4.69, 9.17) is 27.9 Å². The van der Waals surface area contributed by atoms with Crippen molar-refractivity contribution < 1.29 is 4.74 Å². The summed E-state index contributed by atoms with van der Waals surface area (Å²) in [6.07, 6.45) is 0.512. The van der Waals surface area contributed by atoms with Crippen LogP contribution in [0.1, 0.15) is 17.4 Å². The van der Waals surface area contributed by atoms with Gasteiger partial charge in [0.25, 0.3) is 0 Å². The number of benzene rings is 1. The molecular weight excluding hydrogens is 325 g/mol. The molecule has 1 N–H and O–H groups in total. The van der Waals surface area contributed by atoms with Crippen LogP contribution in [0.25, 0.3) is 11.5 Å². The highest BCUT2D eigenvalue weighted by Gasteiger charge is 2.27. The van der Waals surface area contributed by atoms with Crippen LogP contribution in [0, 0.1) is 0 Å². The second kappa shape index (κ2) is 5.23. The molecule has 1 aliphatic rings. The van der Waals surface area contributed by atoms with E-state index in [0.29, 0.717) is 28.0 Å². The first kappa shape index (κ1) is 13.5. The molecule has 22 heavy (non-hydrogen) atoms. The molecule has 1 unspecified atom stereocenters. The van der Waals surface area contributed by atoms with E-state index >= 15 is 0 Å². The lowest BCUT2D eigenvalue weighted by molar-refractivity contribution is 0.233. The Bertz CT molecular complexity index is 806. The molecule has 0 saturated carbocycles. The van der Waals surface area contributed by atoms with E-state index < -0.39 is 0 Å². The summed E-state index contributed by atoms with van der Waals surface area (Å²) >= 11 is 12.1. The number of hydrogen-bond donors (Lipinski definition) is 1. The Labute approximate surface area is 135 Å². The Balaban J connectivity index is 1.66. The number of tetrazole rings is 1. The molecule has 1 aliphatic heterocycles. The molecule has 3 aromatic rings. The van der Waals surface area contributed by atoms with Crippen molar-refractivity contribution in [3.05, 3.63) is 51.6 Å². The number of ether oxygens (including phenoxy) is 1. The molecule has 0 saturated heterocycles. The van der Waals surface area contributed by atoms with Crippen molar-refractivity contribution in [1.82, 2.24) is 25.6 Å². The van der Waals surface area contributed by atoms with Gasteiger partial charge in [-0.1, -0.05) is 29.3 Å². The average molecular weight is 334 g/mol. The highest BCUT2D eigenvalue weighted by molar-refractivity contribution is 6.42. The third-order valence-corrected chi connectivity index (χ3v) is 4.19. The van der Waals surface area contributed by atoms with Crippen LogP contribution in [-0.4, -0.2) is 25.6 Å². The van der Waals surface area contributed by atoms with E-state index in [-0.39, 0.29) is 6.10 Å². The lowest BCUT2D eigenvalue weighted by atomic mass is 10.1. The highest BCUT2D eigenvalue weighted by Crippen LogP contribution is 2.40. The Morgan fingerprint density at radius 2 is 2.05 bits per heavy atom. The van der Waals surface area contributed by atoms with Crippen LogP contribution in [0.5, 0.6) is 5.75 Å². The molecule has 110 valence electrons. The van der Waals surface area contributed by atoms with Gasteiger partial charge in [0.05, 0.1) is 15.7 Å². The summed E-state index contributed by atoms with van der Waals surface area (Å²) in [5, 5.41) is 14.7. The number of pyridine rings is 1. The second-order valence-corrected chi connectivity index (χ2v) is 5.70. The minimum Gasteiger partial charge on any atom is -0.483 e. The second-order valence-electron chi connectivity index (χ2n) is 4.88. The van der Waals surface area contributed by atoms with E-state index in [1.807, 2.05) is 24.3 Å². The lowest BCUT2D eigenvalue weighted by Crippen LogP contribution is -2.06. The first-order chi connectivity index (χ1) is 10.7. The molecule has 1 aromatic carbocycles. The molecule has 4 rings (SSSR count). The molecule has 6 nitrogen and oxygen atoms in total. The van der Waals surface area contributed by atoms with Crippen molar-refractivity contribution in [3.8, 4) is 17.3 Å². The van der Waals surface area contributed by atoms with Crippen LogP contribution in [-0.2, 0) is 6.42 Å². The molecule has 0 bridgehead atoms. The number of nitrogens with zero attached hydrogens (tertiary/aromatic N) is 4. The molecule has 3 heterocycles. The van der Waals surface area contributed by atoms with Crippen LogP contribution < -0.4 is 4.74 Å². The fourth-order valence-electron chi connectivity index (χ4n) is 2.43. The maximum atomic E-state index is 6.05. The number of H-pyrrole nitrogens is 1. The predicted molar refractivity (Wildman–Crippen MR) is 80.9 cm³/mol. The zero-order chi connectivity index (χ0) is 15.1. The highest BCUT2D eigenvalue weighted by atomic mass is 35.5. The van der Waals surface area contributed by atoms with Crippen LogP contribution in [0.3, 0.4) is 0 Å². The Kier molecular flexibility index (Phi) is 3.20. The quantitative estimate of drug-likeness (QED) is 0.778. The molecule has 1 atom stereocenters. The van der Waals surface area contributed by atoms with Crippen molar-refractivity contribution in [2.24, 2.45) is 0 Å². The topological polar surface area (TPSA) is 76.6 Å². The molecule has 0 aliphatic carbocycles. The Morgan fingerprint density at radius 3 is 2.86 bits per heavy atom. The van der Waals surface area contributed by atoms with E-state index in [1.54, 1.807) is 6.07 Å². The van der Waals surface area contributed by atoms with Gasteiger partial charge in [0.1, 0.15) is 17.5 Å². The summed E-state index contributed by atoms with van der Waals surface area (Å²) in [5.74, 6) is 1.26. The van der Waals surface area contributed by atoms with Gasteiger partial charge >= 0.3 is 0 Å². The van der Waals surface area contributed by atoms with E-state index in [0.717, 1.165) is 17.0 Å². The number of fused-ring (bicyclic) bond motifs is 1. The maximum Gasteiger partial charge on any atom is 0.198 e. The Morgan fingerprint density at radius 1 is 1.18 bits per heavy atom. The molecule has 0 amide bonds. The Hall–Kier alpha value is -2.18. The first-order valence-electron chi connectivity index (χ1n) is 6.56. The fraction of sp³-hybridized carbons (Fsp3) is 0.143. The molecule has 0 spiro atoms. The van der Waals surface area contributed by atoms with Crippen molar-refractivity contribution in [3.63, 3.8) is 0 Å². The van der Waals surface area contributed by atoms with Crippen LogP contribution in [0.4, 0.5) is 0 Å². The first-order valence-corrected chi connectivity index (χ1v) is 7.32. The number of rotatable bonds is 2. The van der Waals surface area contributed by atoms with Gasteiger partial charge in [0.15, 0.2) is 5.82 Å². The van der Waals surface area contributed by atoms with Crippen LogP contribution in [0.2, 0.25) is 10.0 Å². The average Bonchev–Trinajstić information content (AvgIpc) is 3.17. The van der Waals surface area contributed by atoms with Crippen molar-refractivity contribution in [2.45, 2.75) is 12.5 Å². The van der Waals surface area contributed by atoms with Gasteiger partial charge in [-0.05, 0) is 34.2 Å². The summed E-state index contributed by atoms with van der Waals surface area (Å²) < 4.78 is 5.93. The monoisotopic (exact) mass is 333 g/mol. The molecule has 0 fully saturated rings. The standard InChI is InChI=1S/C14H9Cl2N5O/c15-8-4-7-5-13(22-12(7)6-9(8)16)10-2-1-3-11(17-10)14-18-20-21-19-14/h1-4,6,13H,5H2,(H,18,19,20,21). The van der Waals surface area contributed by atoms with E-state index in [1.165, 1.54) is 0 Å². The van der Waals surface area contributed by atoms with Gasteiger partial charge in [-0.25, -0.2) is 10.1 Å². The molecule has 2 aromatic heterocycles. The molecular formula is C14H9Cl2N5O. The zero-order valence-electron chi connectivity index (χ0n) is 11.1. The largest absolute Gasteiger partial charge is 0.483 e. The number of hydrogen-bond acceptors (Lipinski definition) is 5. The smallest absolute Gasteiger partial charge is 0.198 e. The van der Waals surface area contributed by atoms with Crippen molar-refractivity contribution in [2.75, 3.05) is 0 Å². The molecule has 8 heteroatoms. The predicted octanol–water partition coefficient (Wildman–Crippen LogP) is 3.24. The minimum absolute atomic E-state index is 0.180. The lowest BCUT2D eigenvalue weighted by Gasteiger charge is -2.10. The zero-order valence-corrected chi connectivity index (χ0v) is 12.6. The normalized spacial score (nSPS) is 16.4. The van der Waals surface area contributed by atoms with E-state index in [9.17, 15) is 0 Å². The number of nitrogens with one attached hydrogen (secondary N) is 1. The summed E-state index contributed by atoms with van der Waals surface area (Å²) in [5.41, 5.74) is 2.49. The number of aromatic nitrogens is 5. The summed E-state index contributed by atoms with van der Waals surface area (Å²) in [6, 6.07) is 9.22. The minimum atomic E-state index is -0.180. The van der Waals surface area contributed by atoms with Gasteiger partial charge in [-0.2, -0.15) is 0 Å². The van der Waals surface area contributed by atoms with Gasteiger partial charge in [0.2, 0.25) is 0 Å². The van der Waals surface area contributed by atoms with Gasteiger partial charge in [0, 0.05) is 12.5 Å². The van der Waals surface area contributed by atoms with Gasteiger partial charge < -0.3 is 4.74 Å². The number of aromatic amines is 1. The van der Waals surface area contributed by atoms with E-state index in [2.05, 4.69) is 25.6 Å². The summed E-state index contributed by atoms with van der Waals surface area (Å²) in [6.45, 7) is 0. The fourth-order valence-corrected chi connectivity index (χ4v) is 2.77. The SMILES string of the molecule is Clc1cc2c(cc1Cl)OC(c1cccc(-c3nnn[nH]3)n1)C2. The summed E-state index contributed by atoms with van der Waals surface area (Å²) in [4.78, 5) is 4.56. The summed E-state index contributed by atoms with van der Waals surface area (Å²) in [7, 11) is 0. The van der Waals surface area contributed by atoms with Gasteiger partial charge in [-0.15, -0.1) is 5.10 Å². The van der Waals surface area contributed by atoms with Crippen molar-refractivity contribution >= 4 is 23.2 Å². The van der Waals surface area contributed by atoms with Crippen LogP contribution >= 0.6 is 23.2 Å².